The van der Waals surface area contributed by atoms with Gasteiger partial charge in [-0.25, -0.2) is 0 Å². The number of hydrogen-bond donors (Lipinski definition) is 1. The largest absolute Gasteiger partial charge is 0.459 e. The van der Waals surface area contributed by atoms with Crippen molar-refractivity contribution in [1.29, 1.82) is 0 Å². The summed E-state index contributed by atoms with van der Waals surface area (Å²) in [5.74, 6) is 0.163. The Bertz CT molecular complexity index is 744. The van der Waals surface area contributed by atoms with Crippen LogP contribution in [0.15, 0.2) is 47.2 Å². The van der Waals surface area contributed by atoms with Gasteiger partial charge in [-0.15, -0.1) is 0 Å². The Morgan fingerprint density at radius 3 is 3.10 bits per heavy atom. The van der Waals surface area contributed by atoms with Crippen LogP contribution < -0.4 is 5.32 Å². The number of carbonyl (C=O) groups is 1. The molecule has 0 aliphatic rings. The van der Waals surface area contributed by atoms with E-state index >= 15 is 0 Å². The molecule has 0 fully saturated rings. The van der Waals surface area contributed by atoms with Crippen LogP contribution in [0.2, 0.25) is 0 Å². The van der Waals surface area contributed by atoms with Crippen molar-refractivity contribution in [2.75, 3.05) is 6.54 Å². The van der Waals surface area contributed by atoms with Crippen molar-refractivity contribution in [3.05, 3.63) is 54.1 Å². The second-order valence-electron chi connectivity index (χ2n) is 5.02. The standard InChI is InChI=1S/C16H17N3O2/c1-12-5-6-13-11-18-19(14(13)10-12)8-3-7-17-16(20)15-4-2-9-21-15/h2,4-6,9-11H,3,7-8H2,1H3,(H,17,20). The third-order valence-electron chi connectivity index (χ3n) is 3.38. The fourth-order valence-electron chi connectivity index (χ4n) is 2.28. The average molecular weight is 283 g/mol. The number of rotatable bonds is 5. The summed E-state index contributed by atoms with van der Waals surface area (Å²) >= 11 is 0. The molecule has 21 heavy (non-hydrogen) atoms. The molecule has 0 saturated carbocycles. The maximum absolute atomic E-state index is 11.7. The molecule has 108 valence electrons. The van der Waals surface area contributed by atoms with Gasteiger partial charge in [-0.1, -0.05) is 12.1 Å². The lowest BCUT2D eigenvalue weighted by atomic mass is 10.2. The van der Waals surface area contributed by atoms with Gasteiger partial charge >= 0.3 is 0 Å². The van der Waals surface area contributed by atoms with Crippen LogP contribution in [0.1, 0.15) is 22.5 Å². The van der Waals surface area contributed by atoms with Gasteiger partial charge in [-0.2, -0.15) is 5.10 Å². The highest BCUT2D eigenvalue weighted by molar-refractivity contribution is 5.91. The van der Waals surface area contributed by atoms with Gasteiger partial charge in [0.2, 0.25) is 0 Å². The van der Waals surface area contributed by atoms with Crippen molar-refractivity contribution in [3.8, 4) is 0 Å². The highest BCUT2D eigenvalue weighted by Gasteiger charge is 2.07. The number of carbonyl (C=O) groups excluding carboxylic acids is 1. The molecule has 3 aromatic rings. The first-order valence-corrected chi connectivity index (χ1v) is 6.98. The molecule has 0 aliphatic heterocycles. The quantitative estimate of drug-likeness (QED) is 0.732. The molecule has 2 heterocycles. The second-order valence-corrected chi connectivity index (χ2v) is 5.02. The predicted octanol–water partition coefficient (Wildman–Crippen LogP) is 2.76. The first-order chi connectivity index (χ1) is 10.2. The number of nitrogens with one attached hydrogen (secondary N) is 1. The summed E-state index contributed by atoms with van der Waals surface area (Å²) in [6, 6.07) is 9.64. The van der Waals surface area contributed by atoms with Gasteiger partial charge in [-0.3, -0.25) is 9.48 Å². The van der Waals surface area contributed by atoms with Gasteiger partial charge in [-0.05, 0) is 37.1 Å². The Hall–Kier alpha value is -2.56. The molecule has 5 heteroatoms. The number of benzene rings is 1. The molecule has 0 spiro atoms. The molecule has 0 bridgehead atoms. The van der Waals surface area contributed by atoms with Crippen LogP contribution in [-0.4, -0.2) is 22.2 Å². The highest BCUT2D eigenvalue weighted by Crippen LogP contribution is 2.15. The van der Waals surface area contributed by atoms with Crippen LogP contribution in [0.25, 0.3) is 10.9 Å². The minimum Gasteiger partial charge on any atom is -0.459 e. The molecule has 3 rings (SSSR count). The fraction of sp³-hybridized carbons (Fsp3) is 0.250. The molecule has 0 saturated heterocycles. The normalized spacial score (nSPS) is 10.9. The van der Waals surface area contributed by atoms with E-state index in [2.05, 4.69) is 35.5 Å². The maximum atomic E-state index is 11.7. The molecular formula is C16H17N3O2. The van der Waals surface area contributed by atoms with Crippen LogP contribution >= 0.6 is 0 Å². The van der Waals surface area contributed by atoms with Gasteiger partial charge in [0.25, 0.3) is 5.91 Å². The number of aryl methyl sites for hydroxylation is 2. The summed E-state index contributed by atoms with van der Waals surface area (Å²) in [4.78, 5) is 11.7. The third kappa shape index (κ3) is 2.97. The van der Waals surface area contributed by atoms with Crippen LogP contribution in [0.4, 0.5) is 0 Å². The molecular weight excluding hydrogens is 266 g/mol. The zero-order valence-corrected chi connectivity index (χ0v) is 11.9. The van der Waals surface area contributed by atoms with Gasteiger partial charge in [0.1, 0.15) is 0 Å². The highest BCUT2D eigenvalue weighted by atomic mass is 16.3. The van der Waals surface area contributed by atoms with Crippen LogP contribution in [0.3, 0.4) is 0 Å². The van der Waals surface area contributed by atoms with Gasteiger partial charge in [0, 0.05) is 18.5 Å². The number of fused-ring (bicyclic) bond motifs is 1. The van der Waals surface area contributed by atoms with Gasteiger partial charge in [0.15, 0.2) is 5.76 Å². The van der Waals surface area contributed by atoms with E-state index in [9.17, 15) is 4.79 Å². The average Bonchev–Trinajstić information content (AvgIpc) is 3.13. The smallest absolute Gasteiger partial charge is 0.286 e. The molecule has 2 aromatic heterocycles. The van der Waals surface area contributed by atoms with Crippen molar-refractivity contribution in [3.63, 3.8) is 0 Å². The summed E-state index contributed by atoms with van der Waals surface area (Å²) in [6.45, 7) is 3.43. The van der Waals surface area contributed by atoms with Gasteiger partial charge in [0.05, 0.1) is 18.0 Å². The van der Waals surface area contributed by atoms with Crippen molar-refractivity contribution in [2.45, 2.75) is 19.9 Å². The Morgan fingerprint density at radius 2 is 2.29 bits per heavy atom. The third-order valence-corrected chi connectivity index (χ3v) is 3.38. The fourth-order valence-corrected chi connectivity index (χ4v) is 2.28. The Labute approximate surface area is 122 Å². The Balaban J connectivity index is 1.55. The van der Waals surface area contributed by atoms with Crippen LogP contribution in [0, 0.1) is 6.92 Å². The molecule has 1 amide bonds. The molecule has 0 unspecified atom stereocenters. The van der Waals surface area contributed by atoms with Crippen LogP contribution in [-0.2, 0) is 6.54 Å². The summed E-state index contributed by atoms with van der Waals surface area (Å²) in [5.41, 5.74) is 2.35. The SMILES string of the molecule is Cc1ccc2cnn(CCCNC(=O)c3ccco3)c2c1. The van der Waals surface area contributed by atoms with Crippen LogP contribution in [0.5, 0.6) is 0 Å². The van der Waals surface area contributed by atoms with E-state index in [4.69, 9.17) is 4.42 Å². The minimum atomic E-state index is -0.179. The number of hydrogen-bond acceptors (Lipinski definition) is 3. The molecule has 5 nitrogen and oxygen atoms in total. The molecule has 1 N–H and O–H groups in total. The molecule has 0 atom stereocenters. The number of furan rings is 1. The van der Waals surface area contributed by atoms with Crippen molar-refractivity contribution in [2.24, 2.45) is 0 Å². The summed E-state index contributed by atoms with van der Waals surface area (Å²) in [7, 11) is 0. The molecule has 1 aromatic carbocycles. The minimum absolute atomic E-state index is 0.179. The number of aromatic nitrogens is 2. The monoisotopic (exact) mass is 283 g/mol. The zero-order valence-electron chi connectivity index (χ0n) is 11.9. The molecule has 0 aliphatic carbocycles. The summed E-state index contributed by atoms with van der Waals surface area (Å²) in [5, 5.41) is 8.36. The van der Waals surface area contributed by atoms with E-state index in [1.54, 1.807) is 12.1 Å². The van der Waals surface area contributed by atoms with Crippen molar-refractivity contribution >= 4 is 16.8 Å². The van der Waals surface area contributed by atoms with Crippen molar-refractivity contribution in [1.82, 2.24) is 15.1 Å². The lowest BCUT2D eigenvalue weighted by molar-refractivity contribution is 0.0925. The topological polar surface area (TPSA) is 60.1 Å². The van der Waals surface area contributed by atoms with E-state index in [1.165, 1.54) is 11.8 Å². The first-order valence-electron chi connectivity index (χ1n) is 6.98. The van der Waals surface area contributed by atoms with Gasteiger partial charge < -0.3 is 9.73 Å². The molecule has 0 radical (unpaired) electrons. The zero-order chi connectivity index (χ0) is 14.7. The lowest BCUT2D eigenvalue weighted by Gasteiger charge is -2.05. The van der Waals surface area contributed by atoms with E-state index in [0.29, 0.717) is 12.3 Å². The number of amides is 1. The Kier molecular flexibility index (Phi) is 3.73. The van der Waals surface area contributed by atoms with E-state index in [1.807, 2.05) is 10.9 Å². The summed E-state index contributed by atoms with van der Waals surface area (Å²) in [6.07, 6.45) is 4.18. The lowest BCUT2D eigenvalue weighted by Crippen LogP contribution is -2.24. The second kappa shape index (κ2) is 5.83. The summed E-state index contributed by atoms with van der Waals surface area (Å²) < 4.78 is 7.01. The maximum Gasteiger partial charge on any atom is 0.286 e. The van der Waals surface area contributed by atoms with E-state index in [0.717, 1.165) is 23.9 Å². The van der Waals surface area contributed by atoms with Crippen molar-refractivity contribution < 1.29 is 9.21 Å². The van der Waals surface area contributed by atoms with E-state index in [-0.39, 0.29) is 5.91 Å². The van der Waals surface area contributed by atoms with E-state index < -0.39 is 0 Å². The Morgan fingerprint density at radius 1 is 1.38 bits per heavy atom. The number of nitrogens with zero attached hydrogens (tertiary/aromatic N) is 2. The first kappa shape index (κ1) is 13.4. The predicted molar refractivity (Wildman–Crippen MR) is 80.1 cm³/mol.